The number of carbonyl (C=O) groups is 1. The molecule has 2 aromatic carbocycles. The van der Waals surface area contributed by atoms with Gasteiger partial charge in [-0.25, -0.2) is 17.8 Å². The third-order valence-corrected chi connectivity index (χ3v) is 6.66. The number of aromatic nitrogens is 1. The lowest BCUT2D eigenvalue weighted by Crippen LogP contribution is -2.14. The third kappa shape index (κ3) is 5.05. The number of amides is 1. The predicted molar refractivity (Wildman–Crippen MR) is 107 cm³/mol. The molecule has 1 N–H and O–H groups in total. The summed E-state index contributed by atoms with van der Waals surface area (Å²) in [5, 5.41) is 3.15. The van der Waals surface area contributed by atoms with Crippen molar-refractivity contribution in [3.63, 3.8) is 0 Å². The van der Waals surface area contributed by atoms with E-state index >= 15 is 0 Å². The molecule has 1 aromatic heterocycles. The fourth-order valence-electron chi connectivity index (χ4n) is 2.58. The molecule has 3 rings (SSSR count). The Morgan fingerprint density at radius 3 is 2.68 bits per heavy atom. The van der Waals surface area contributed by atoms with E-state index in [-0.39, 0.29) is 29.4 Å². The van der Waals surface area contributed by atoms with Gasteiger partial charge in [-0.3, -0.25) is 4.79 Å². The van der Waals surface area contributed by atoms with Gasteiger partial charge in [-0.2, -0.15) is 0 Å². The van der Waals surface area contributed by atoms with Crippen molar-refractivity contribution in [2.75, 3.05) is 17.7 Å². The molecule has 0 saturated carbocycles. The van der Waals surface area contributed by atoms with Crippen LogP contribution >= 0.6 is 11.3 Å². The summed E-state index contributed by atoms with van der Waals surface area (Å²) in [5.41, 5.74) is 0.752. The number of anilines is 1. The van der Waals surface area contributed by atoms with E-state index in [0.29, 0.717) is 11.7 Å². The van der Waals surface area contributed by atoms with E-state index in [1.807, 2.05) is 25.1 Å². The summed E-state index contributed by atoms with van der Waals surface area (Å²) >= 11 is 1.33. The topological polar surface area (TPSA) is 85.4 Å². The van der Waals surface area contributed by atoms with Crippen molar-refractivity contribution < 1.29 is 22.3 Å². The number of rotatable bonds is 8. The Hall–Kier alpha value is -2.52. The fourth-order valence-corrected chi connectivity index (χ4v) is 4.80. The van der Waals surface area contributed by atoms with Gasteiger partial charge in [-0.05, 0) is 55.8 Å². The highest BCUT2D eigenvalue weighted by Crippen LogP contribution is 2.29. The standard InChI is InChI=1S/C19H19FN2O4S2/c1-2-26-14-7-10-16-17(12-14)27-19(21-16)22-18(23)4-3-11-28(24,25)15-8-5-13(20)6-9-15/h5-10,12H,2-4,11H2,1H3,(H,21,22,23). The van der Waals surface area contributed by atoms with Gasteiger partial charge >= 0.3 is 0 Å². The zero-order valence-electron chi connectivity index (χ0n) is 15.1. The average Bonchev–Trinajstić information content (AvgIpc) is 3.03. The highest BCUT2D eigenvalue weighted by atomic mass is 32.2. The first kappa shape index (κ1) is 20.2. The van der Waals surface area contributed by atoms with Crippen LogP contribution in [0.2, 0.25) is 0 Å². The smallest absolute Gasteiger partial charge is 0.226 e. The van der Waals surface area contributed by atoms with Crippen LogP contribution in [0.4, 0.5) is 9.52 Å². The van der Waals surface area contributed by atoms with Crippen molar-refractivity contribution in [3.8, 4) is 5.75 Å². The minimum atomic E-state index is -3.55. The van der Waals surface area contributed by atoms with Gasteiger partial charge in [0.05, 0.1) is 27.5 Å². The molecule has 0 aliphatic rings. The Balaban J connectivity index is 1.55. The highest BCUT2D eigenvalue weighted by Gasteiger charge is 2.16. The molecule has 0 atom stereocenters. The molecule has 9 heteroatoms. The van der Waals surface area contributed by atoms with Gasteiger partial charge in [0.25, 0.3) is 0 Å². The number of nitrogens with zero attached hydrogens (tertiary/aromatic N) is 1. The van der Waals surface area contributed by atoms with Crippen LogP contribution in [0, 0.1) is 5.82 Å². The predicted octanol–water partition coefficient (Wildman–Crippen LogP) is 4.03. The number of hydrogen-bond donors (Lipinski definition) is 1. The number of halogens is 1. The van der Waals surface area contributed by atoms with Crippen molar-refractivity contribution in [1.82, 2.24) is 4.98 Å². The Kier molecular flexibility index (Phi) is 6.25. The van der Waals surface area contributed by atoms with Crippen molar-refractivity contribution in [3.05, 3.63) is 48.3 Å². The van der Waals surface area contributed by atoms with Crippen molar-refractivity contribution >= 4 is 42.4 Å². The largest absolute Gasteiger partial charge is 0.494 e. The fraction of sp³-hybridized carbons (Fsp3) is 0.263. The summed E-state index contributed by atoms with van der Waals surface area (Å²) in [4.78, 5) is 16.5. The number of hydrogen-bond acceptors (Lipinski definition) is 6. The van der Waals surface area contributed by atoms with Gasteiger partial charge < -0.3 is 10.1 Å². The first-order valence-corrected chi connectivity index (χ1v) is 11.2. The molecule has 0 saturated heterocycles. The molecular weight excluding hydrogens is 403 g/mol. The van der Waals surface area contributed by atoms with Gasteiger partial charge in [0.1, 0.15) is 11.6 Å². The molecule has 0 aliphatic heterocycles. The molecule has 1 heterocycles. The molecule has 3 aromatic rings. The van der Waals surface area contributed by atoms with E-state index in [9.17, 15) is 17.6 Å². The first-order chi connectivity index (χ1) is 13.4. The number of ether oxygens (including phenoxy) is 1. The van der Waals surface area contributed by atoms with E-state index in [1.54, 1.807) is 0 Å². The van der Waals surface area contributed by atoms with E-state index in [0.717, 1.165) is 28.1 Å². The summed E-state index contributed by atoms with van der Waals surface area (Å²) in [6.45, 7) is 2.47. The van der Waals surface area contributed by atoms with E-state index in [1.165, 1.54) is 23.5 Å². The maximum absolute atomic E-state index is 12.9. The van der Waals surface area contributed by atoms with Gasteiger partial charge in [-0.1, -0.05) is 11.3 Å². The molecule has 0 fully saturated rings. The van der Waals surface area contributed by atoms with Crippen LogP contribution in [0.25, 0.3) is 10.2 Å². The van der Waals surface area contributed by atoms with Crippen LogP contribution in [-0.2, 0) is 14.6 Å². The molecule has 0 spiro atoms. The molecule has 6 nitrogen and oxygen atoms in total. The second kappa shape index (κ2) is 8.66. The molecule has 0 bridgehead atoms. The third-order valence-electron chi connectivity index (χ3n) is 3.91. The van der Waals surface area contributed by atoms with Gasteiger partial charge in [-0.15, -0.1) is 0 Å². The van der Waals surface area contributed by atoms with Crippen LogP contribution in [0.1, 0.15) is 19.8 Å². The van der Waals surface area contributed by atoms with Crippen LogP contribution in [0.3, 0.4) is 0 Å². The highest BCUT2D eigenvalue weighted by molar-refractivity contribution is 7.91. The second-order valence-electron chi connectivity index (χ2n) is 6.01. The Bertz CT molecular complexity index is 1080. The van der Waals surface area contributed by atoms with Gasteiger partial charge in [0.2, 0.25) is 5.91 Å². The number of benzene rings is 2. The van der Waals surface area contributed by atoms with Gasteiger partial charge in [0.15, 0.2) is 15.0 Å². The SMILES string of the molecule is CCOc1ccc2nc(NC(=O)CCCS(=O)(=O)c3ccc(F)cc3)sc2c1. The van der Waals surface area contributed by atoms with Gasteiger partial charge in [0, 0.05) is 6.42 Å². The normalized spacial score (nSPS) is 11.5. The Morgan fingerprint density at radius 1 is 1.21 bits per heavy atom. The summed E-state index contributed by atoms with van der Waals surface area (Å²) < 4.78 is 43.7. The van der Waals surface area contributed by atoms with Crippen molar-refractivity contribution in [2.24, 2.45) is 0 Å². The number of sulfone groups is 1. The minimum Gasteiger partial charge on any atom is -0.494 e. The lowest BCUT2D eigenvalue weighted by Gasteiger charge is -2.04. The van der Waals surface area contributed by atoms with E-state index in [2.05, 4.69) is 10.3 Å². The molecule has 0 radical (unpaired) electrons. The van der Waals surface area contributed by atoms with Crippen LogP contribution in [0.5, 0.6) is 5.75 Å². The minimum absolute atomic E-state index is 0.0422. The quantitative estimate of drug-likeness (QED) is 0.554. The molecule has 28 heavy (non-hydrogen) atoms. The number of thiazole rings is 1. The Labute approximate surface area is 166 Å². The lowest BCUT2D eigenvalue weighted by molar-refractivity contribution is -0.116. The summed E-state index contributed by atoms with van der Waals surface area (Å²) in [6, 6.07) is 10.2. The van der Waals surface area contributed by atoms with E-state index < -0.39 is 15.7 Å². The molecule has 0 aliphatic carbocycles. The summed E-state index contributed by atoms with van der Waals surface area (Å²) in [6.07, 6.45) is 0.200. The molecule has 1 amide bonds. The maximum atomic E-state index is 12.9. The molecule has 148 valence electrons. The van der Waals surface area contributed by atoms with Crippen LogP contribution in [0.15, 0.2) is 47.4 Å². The first-order valence-electron chi connectivity index (χ1n) is 8.69. The van der Waals surface area contributed by atoms with Crippen molar-refractivity contribution in [1.29, 1.82) is 0 Å². The number of nitrogens with one attached hydrogen (secondary N) is 1. The summed E-state index contributed by atoms with van der Waals surface area (Å²) in [7, 11) is -3.55. The van der Waals surface area contributed by atoms with Crippen LogP contribution in [-0.4, -0.2) is 31.7 Å². The number of fused-ring (bicyclic) bond motifs is 1. The monoisotopic (exact) mass is 422 g/mol. The zero-order chi connectivity index (χ0) is 20.1. The number of carbonyl (C=O) groups excluding carboxylic acids is 1. The van der Waals surface area contributed by atoms with Crippen molar-refractivity contribution in [2.45, 2.75) is 24.7 Å². The Morgan fingerprint density at radius 2 is 1.96 bits per heavy atom. The maximum Gasteiger partial charge on any atom is 0.226 e. The summed E-state index contributed by atoms with van der Waals surface area (Å²) in [5.74, 6) is -0.257. The van der Waals surface area contributed by atoms with E-state index in [4.69, 9.17) is 4.74 Å². The molecule has 0 unspecified atom stereocenters. The average molecular weight is 423 g/mol. The van der Waals surface area contributed by atoms with Crippen LogP contribution < -0.4 is 10.1 Å². The lowest BCUT2D eigenvalue weighted by atomic mass is 10.3. The molecular formula is C19H19FN2O4S2. The zero-order valence-corrected chi connectivity index (χ0v) is 16.8. The second-order valence-corrected chi connectivity index (χ2v) is 9.15.